The van der Waals surface area contributed by atoms with E-state index in [0.29, 0.717) is 5.75 Å². The molecule has 0 fully saturated rings. The lowest BCUT2D eigenvalue weighted by Crippen LogP contribution is -2.31. The van der Waals surface area contributed by atoms with Crippen LogP contribution in [0, 0.1) is 0 Å². The minimum absolute atomic E-state index is 0.0257. The number of esters is 1. The Morgan fingerprint density at radius 1 is 1.14 bits per heavy atom. The topological polar surface area (TPSA) is 73.2 Å². The summed E-state index contributed by atoms with van der Waals surface area (Å²) in [6.45, 7) is 1.61. The van der Waals surface area contributed by atoms with Crippen molar-refractivity contribution in [3.8, 4) is 0 Å². The second-order valence-corrected chi connectivity index (χ2v) is 7.26. The van der Waals surface area contributed by atoms with E-state index in [1.54, 1.807) is 11.8 Å². The number of carbonyl (C=O) groups excluding carboxylic acids is 2. The van der Waals surface area contributed by atoms with E-state index in [9.17, 15) is 9.59 Å². The average molecular weight is 398 g/mol. The van der Waals surface area contributed by atoms with Crippen LogP contribution in [0.2, 0.25) is 0 Å². The number of amides is 1. The smallest absolute Gasteiger partial charge is 0.326 e. The molecule has 0 saturated carbocycles. The molecule has 7 heteroatoms. The number of hydrogen-bond donors (Lipinski definition) is 1. The number of nitrogens with zero attached hydrogens (tertiary/aromatic N) is 2. The van der Waals surface area contributed by atoms with Crippen LogP contribution in [0.1, 0.15) is 24.4 Å². The fourth-order valence-electron chi connectivity index (χ4n) is 2.97. The lowest BCUT2D eigenvalue weighted by Gasteiger charge is -2.14. The molecule has 1 heterocycles. The van der Waals surface area contributed by atoms with Gasteiger partial charge in [-0.2, -0.15) is 11.8 Å². The van der Waals surface area contributed by atoms with Crippen molar-refractivity contribution in [1.82, 2.24) is 14.9 Å². The second-order valence-electron chi connectivity index (χ2n) is 6.40. The Bertz CT molecular complexity index is 956. The molecule has 1 N–H and O–H groups in total. The van der Waals surface area contributed by atoms with Crippen LogP contribution in [-0.4, -0.2) is 34.3 Å². The molecule has 146 valence electrons. The maximum Gasteiger partial charge on any atom is 0.326 e. The van der Waals surface area contributed by atoms with Crippen LogP contribution in [-0.2, 0) is 26.6 Å². The summed E-state index contributed by atoms with van der Waals surface area (Å²) in [7, 11) is 0. The van der Waals surface area contributed by atoms with E-state index < -0.39 is 5.97 Å². The zero-order valence-electron chi connectivity index (χ0n) is 15.9. The first-order valence-electron chi connectivity index (χ1n) is 9.01. The highest BCUT2D eigenvalue weighted by Gasteiger charge is 2.16. The summed E-state index contributed by atoms with van der Waals surface area (Å²) in [5, 5.41) is 2.83. The van der Waals surface area contributed by atoms with Gasteiger partial charge in [0.05, 0.1) is 22.8 Å². The van der Waals surface area contributed by atoms with E-state index in [1.165, 1.54) is 0 Å². The van der Waals surface area contributed by atoms with Crippen LogP contribution in [0.15, 0.2) is 54.6 Å². The van der Waals surface area contributed by atoms with Gasteiger partial charge in [0.15, 0.2) is 6.61 Å². The average Bonchev–Trinajstić information content (AvgIpc) is 3.04. The van der Waals surface area contributed by atoms with Gasteiger partial charge in [-0.15, -0.1) is 0 Å². The summed E-state index contributed by atoms with van der Waals surface area (Å²) in [4.78, 5) is 29.0. The van der Waals surface area contributed by atoms with Gasteiger partial charge in [0.2, 0.25) is 0 Å². The zero-order chi connectivity index (χ0) is 19.9. The van der Waals surface area contributed by atoms with Gasteiger partial charge in [-0.3, -0.25) is 9.59 Å². The summed E-state index contributed by atoms with van der Waals surface area (Å²) in [5.74, 6) is 0.710. The van der Waals surface area contributed by atoms with Crippen molar-refractivity contribution in [2.45, 2.75) is 25.3 Å². The van der Waals surface area contributed by atoms with Crippen molar-refractivity contribution in [2.75, 3.05) is 12.9 Å². The number of aromatic nitrogens is 2. The largest absolute Gasteiger partial charge is 0.454 e. The number of hydrogen-bond acceptors (Lipinski definition) is 5. The number of ether oxygens (including phenoxy) is 1. The highest BCUT2D eigenvalue weighted by atomic mass is 32.2. The van der Waals surface area contributed by atoms with Crippen molar-refractivity contribution in [1.29, 1.82) is 0 Å². The van der Waals surface area contributed by atoms with Crippen molar-refractivity contribution >= 4 is 34.7 Å². The van der Waals surface area contributed by atoms with Crippen LogP contribution in [0.4, 0.5) is 0 Å². The van der Waals surface area contributed by atoms with Crippen molar-refractivity contribution < 1.29 is 14.3 Å². The predicted molar refractivity (Wildman–Crippen MR) is 111 cm³/mol. The number of benzene rings is 2. The first-order chi connectivity index (χ1) is 13.6. The predicted octanol–water partition coefficient (Wildman–Crippen LogP) is 3.32. The number of carbonyl (C=O) groups is 2. The maximum absolute atomic E-state index is 12.3. The molecular formula is C21H23N3O3S. The van der Waals surface area contributed by atoms with Gasteiger partial charge in [0, 0.05) is 0 Å². The molecule has 6 nitrogen and oxygen atoms in total. The first kappa shape index (κ1) is 19.9. The Morgan fingerprint density at radius 3 is 2.61 bits per heavy atom. The summed E-state index contributed by atoms with van der Waals surface area (Å²) >= 11 is 1.63. The summed E-state index contributed by atoms with van der Waals surface area (Å²) < 4.78 is 7.04. The maximum atomic E-state index is 12.3. The third-order valence-corrected chi connectivity index (χ3v) is 4.88. The molecular weight excluding hydrogens is 374 g/mol. The minimum Gasteiger partial charge on any atom is -0.454 e. The molecule has 0 spiro atoms. The third-order valence-electron chi connectivity index (χ3n) is 4.34. The molecule has 0 unspecified atom stereocenters. The van der Waals surface area contributed by atoms with Gasteiger partial charge >= 0.3 is 5.97 Å². The molecule has 0 bridgehead atoms. The quantitative estimate of drug-likeness (QED) is 0.590. The van der Waals surface area contributed by atoms with Crippen molar-refractivity contribution in [3.05, 3.63) is 66.0 Å². The lowest BCUT2D eigenvalue weighted by molar-refractivity contribution is -0.149. The standard InChI is InChI=1S/C21H23N3O3S/c1-15(16-8-4-3-5-9-16)22-20(25)13-27-21(26)12-24-18-11-7-6-10-17(18)23-19(24)14-28-2/h3-11,15H,12-14H2,1-2H3,(H,22,25)/t15-/m1/s1. The number of rotatable bonds is 8. The first-order valence-corrected chi connectivity index (χ1v) is 10.4. The number of para-hydroxylation sites is 2. The number of nitrogens with one attached hydrogen (secondary N) is 1. The van der Waals surface area contributed by atoms with E-state index in [4.69, 9.17) is 4.74 Å². The van der Waals surface area contributed by atoms with Crippen LogP contribution >= 0.6 is 11.8 Å². The Balaban J connectivity index is 1.58. The lowest BCUT2D eigenvalue weighted by atomic mass is 10.1. The third kappa shape index (κ3) is 4.92. The Morgan fingerprint density at radius 2 is 1.86 bits per heavy atom. The van der Waals surface area contributed by atoms with Gasteiger partial charge in [0.25, 0.3) is 5.91 Å². The van der Waals surface area contributed by atoms with Crippen LogP contribution in [0.25, 0.3) is 11.0 Å². The molecule has 0 aliphatic heterocycles. The fraction of sp³-hybridized carbons (Fsp3) is 0.286. The highest BCUT2D eigenvalue weighted by molar-refractivity contribution is 7.97. The monoisotopic (exact) mass is 397 g/mol. The summed E-state index contributed by atoms with van der Waals surface area (Å²) in [5.41, 5.74) is 2.72. The number of imidazole rings is 1. The fourth-order valence-corrected chi connectivity index (χ4v) is 3.45. The molecule has 0 saturated heterocycles. The summed E-state index contributed by atoms with van der Waals surface area (Å²) in [6.07, 6.45) is 1.99. The van der Waals surface area contributed by atoms with Crippen LogP contribution < -0.4 is 5.32 Å². The molecule has 3 aromatic rings. The number of fused-ring (bicyclic) bond motifs is 1. The van der Waals surface area contributed by atoms with Crippen molar-refractivity contribution in [3.63, 3.8) is 0 Å². The molecule has 28 heavy (non-hydrogen) atoms. The molecule has 2 aromatic carbocycles. The van der Waals surface area contributed by atoms with Crippen LogP contribution in [0.3, 0.4) is 0 Å². The SMILES string of the molecule is CSCc1nc2ccccc2n1CC(=O)OCC(=O)N[C@H](C)c1ccccc1. The highest BCUT2D eigenvalue weighted by Crippen LogP contribution is 2.19. The molecule has 1 atom stereocenters. The van der Waals surface area contributed by atoms with E-state index in [2.05, 4.69) is 10.3 Å². The minimum atomic E-state index is -0.465. The molecule has 0 radical (unpaired) electrons. The molecule has 0 aliphatic rings. The van der Waals surface area contributed by atoms with Crippen molar-refractivity contribution in [2.24, 2.45) is 0 Å². The Hall–Kier alpha value is -2.80. The Labute approximate surface area is 168 Å². The van der Waals surface area contributed by atoms with Gasteiger partial charge in [-0.05, 0) is 30.9 Å². The summed E-state index contributed by atoms with van der Waals surface area (Å²) in [6, 6.07) is 17.1. The molecule has 0 aliphatic carbocycles. The van der Waals surface area contributed by atoms with Gasteiger partial charge < -0.3 is 14.6 Å². The Kier molecular flexibility index (Phi) is 6.71. The molecule has 1 amide bonds. The zero-order valence-corrected chi connectivity index (χ0v) is 16.7. The van der Waals surface area contributed by atoms with Gasteiger partial charge in [-0.25, -0.2) is 4.98 Å². The van der Waals surface area contributed by atoms with Crippen LogP contribution in [0.5, 0.6) is 0 Å². The van der Waals surface area contributed by atoms with E-state index in [-0.39, 0.29) is 25.1 Å². The van der Waals surface area contributed by atoms with Gasteiger partial charge in [-0.1, -0.05) is 42.5 Å². The normalized spacial score (nSPS) is 11.9. The van der Waals surface area contributed by atoms with E-state index >= 15 is 0 Å². The second kappa shape index (κ2) is 9.41. The van der Waals surface area contributed by atoms with E-state index in [0.717, 1.165) is 22.4 Å². The van der Waals surface area contributed by atoms with E-state index in [1.807, 2.05) is 72.3 Å². The van der Waals surface area contributed by atoms with Gasteiger partial charge in [0.1, 0.15) is 12.4 Å². The molecule has 1 aromatic heterocycles. The molecule has 3 rings (SSSR count). The number of thioether (sulfide) groups is 1.